The third-order valence-corrected chi connectivity index (χ3v) is 3.69. The van der Waals surface area contributed by atoms with Crippen molar-refractivity contribution >= 4 is 16.5 Å². The number of hydrogen-bond donors (Lipinski definition) is 2. The molecule has 1 heterocycles. The molecule has 0 saturated heterocycles. The van der Waals surface area contributed by atoms with Crippen molar-refractivity contribution in [2.75, 3.05) is 12.4 Å². The Morgan fingerprint density at radius 3 is 2.39 bits per heavy atom. The number of rotatable bonds is 3. The molecular formula is C12H13F2N3S. The van der Waals surface area contributed by atoms with Crippen LogP contribution in [0.2, 0.25) is 0 Å². The molecule has 2 aromatic rings. The summed E-state index contributed by atoms with van der Waals surface area (Å²) in [7, 11) is 1.74. The summed E-state index contributed by atoms with van der Waals surface area (Å²) in [4.78, 5) is 5.09. The molecule has 6 heteroatoms. The second kappa shape index (κ2) is 4.99. The van der Waals surface area contributed by atoms with Crippen molar-refractivity contribution in [2.45, 2.75) is 13.0 Å². The van der Waals surface area contributed by atoms with Crippen LogP contribution >= 0.6 is 11.3 Å². The Morgan fingerprint density at radius 1 is 1.28 bits per heavy atom. The molecule has 18 heavy (non-hydrogen) atoms. The van der Waals surface area contributed by atoms with Crippen LogP contribution in [0.1, 0.15) is 17.8 Å². The highest BCUT2D eigenvalue weighted by Gasteiger charge is 2.16. The van der Waals surface area contributed by atoms with Gasteiger partial charge in [-0.05, 0) is 19.1 Å². The smallest absolute Gasteiger partial charge is 0.183 e. The standard InChI is InChI=1S/C12H13F2N3S/c1-6(15)11-10(17-12(16-2)18-11)7-3-8(13)5-9(14)4-7/h3-6H,15H2,1-2H3,(H,16,17). The lowest BCUT2D eigenvalue weighted by molar-refractivity contribution is 0.584. The molecule has 1 aromatic heterocycles. The van der Waals surface area contributed by atoms with Gasteiger partial charge in [-0.25, -0.2) is 13.8 Å². The summed E-state index contributed by atoms with van der Waals surface area (Å²) in [5.74, 6) is -1.25. The lowest BCUT2D eigenvalue weighted by atomic mass is 10.1. The van der Waals surface area contributed by atoms with E-state index in [1.165, 1.54) is 23.5 Å². The van der Waals surface area contributed by atoms with Crippen LogP contribution in [0.25, 0.3) is 11.3 Å². The maximum Gasteiger partial charge on any atom is 0.183 e. The molecule has 3 N–H and O–H groups in total. The molecule has 0 saturated carbocycles. The second-order valence-corrected chi connectivity index (χ2v) is 4.96. The Balaban J connectivity index is 2.58. The highest BCUT2D eigenvalue weighted by Crippen LogP contribution is 2.34. The van der Waals surface area contributed by atoms with E-state index in [4.69, 9.17) is 5.73 Å². The van der Waals surface area contributed by atoms with Gasteiger partial charge >= 0.3 is 0 Å². The Hall–Kier alpha value is -1.53. The van der Waals surface area contributed by atoms with Gasteiger partial charge in [-0.1, -0.05) is 11.3 Å². The summed E-state index contributed by atoms with van der Waals surface area (Å²) >= 11 is 1.38. The first-order valence-corrected chi connectivity index (χ1v) is 6.23. The predicted molar refractivity (Wildman–Crippen MR) is 69.6 cm³/mol. The third kappa shape index (κ3) is 2.49. The molecule has 0 bridgehead atoms. The Bertz CT molecular complexity index is 546. The topological polar surface area (TPSA) is 50.9 Å². The van der Waals surface area contributed by atoms with Crippen LogP contribution in [-0.2, 0) is 0 Å². The Labute approximate surface area is 108 Å². The summed E-state index contributed by atoms with van der Waals surface area (Å²) in [6.07, 6.45) is 0. The van der Waals surface area contributed by atoms with Crippen LogP contribution in [0, 0.1) is 11.6 Å². The molecule has 0 aliphatic carbocycles. The Kier molecular flexibility index (Phi) is 3.58. The van der Waals surface area contributed by atoms with Crippen molar-refractivity contribution in [2.24, 2.45) is 5.73 Å². The van der Waals surface area contributed by atoms with Crippen molar-refractivity contribution in [3.63, 3.8) is 0 Å². The molecule has 0 aliphatic heterocycles. The van der Waals surface area contributed by atoms with Crippen LogP contribution < -0.4 is 11.1 Å². The summed E-state index contributed by atoms with van der Waals surface area (Å²) in [5, 5.41) is 3.57. The molecule has 0 spiro atoms. The second-order valence-electron chi connectivity index (χ2n) is 3.93. The molecule has 1 aromatic carbocycles. The number of hydrogen-bond acceptors (Lipinski definition) is 4. The highest BCUT2D eigenvalue weighted by molar-refractivity contribution is 7.16. The largest absolute Gasteiger partial charge is 0.365 e. The van der Waals surface area contributed by atoms with Crippen LogP contribution in [0.3, 0.4) is 0 Å². The molecule has 0 amide bonds. The average Bonchev–Trinajstić information content (AvgIpc) is 2.71. The minimum atomic E-state index is -0.625. The lowest BCUT2D eigenvalue weighted by Crippen LogP contribution is -2.04. The first-order chi connectivity index (χ1) is 8.51. The van der Waals surface area contributed by atoms with Crippen LogP contribution in [0.5, 0.6) is 0 Å². The van der Waals surface area contributed by atoms with E-state index in [1.54, 1.807) is 7.05 Å². The SMILES string of the molecule is CNc1nc(-c2cc(F)cc(F)c2)c(C(C)N)s1. The Morgan fingerprint density at radius 2 is 1.89 bits per heavy atom. The molecule has 1 unspecified atom stereocenters. The number of anilines is 1. The first kappa shape index (κ1) is 12.9. The zero-order valence-electron chi connectivity index (χ0n) is 10.00. The van der Waals surface area contributed by atoms with Crippen LogP contribution in [0.15, 0.2) is 18.2 Å². The van der Waals surface area contributed by atoms with Gasteiger partial charge in [0.05, 0.1) is 10.6 Å². The summed E-state index contributed by atoms with van der Waals surface area (Å²) in [6.45, 7) is 1.81. The van der Waals surface area contributed by atoms with Gasteiger partial charge in [0.15, 0.2) is 5.13 Å². The van der Waals surface area contributed by atoms with E-state index in [0.717, 1.165) is 10.9 Å². The van der Waals surface area contributed by atoms with Crippen LogP contribution in [0.4, 0.5) is 13.9 Å². The van der Waals surface area contributed by atoms with Crippen molar-refractivity contribution in [3.05, 3.63) is 34.7 Å². The fraction of sp³-hybridized carbons (Fsp3) is 0.250. The van der Waals surface area contributed by atoms with Gasteiger partial charge in [0, 0.05) is 24.7 Å². The van der Waals surface area contributed by atoms with Gasteiger partial charge in [-0.2, -0.15) is 0 Å². The first-order valence-electron chi connectivity index (χ1n) is 5.41. The molecule has 0 fully saturated rings. The zero-order valence-corrected chi connectivity index (χ0v) is 10.8. The van der Waals surface area contributed by atoms with Gasteiger partial charge in [0.25, 0.3) is 0 Å². The van der Waals surface area contributed by atoms with Gasteiger partial charge in [-0.3, -0.25) is 0 Å². The predicted octanol–water partition coefficient (Wildman–Crippen LogP) is 3.15. The van der Waals surface area contributed by atoms with Crippen molar-refractivity contribution < 1.29 is 8.78 Å². The highest BCUT2D eigenvalue weighted by atomic mass is 32.1. The molecule has 3 nitrogen and oxygen atoms in total. The van der Waals surface area contributed by atoms with Crippen molar-refractivity contribution in [1.29, 1.82) is 0 Å². The van der Waals surface area contributed by atoms with Crippen molar-refractivity contribution in [3.8, 4) is 11.3 Å². The molecular weight excluding hydrogens is 256 g/mol. The number of nitrogens with zero attached hydrogens (tertiary/aromatic N) is 1. The maximum absolute atomic E-state index is 13.2. The minimum absolute atomic E-state index is 0.245. The van der Waals surface area contributed by atoms with E-state index in [-0.39, 0.29) is 6.04 Å². The number of benzene rings is 1. The van der Waals surface area contributed by atoms with Crippen molar-refractivity contribution in [1.82, 2.24) is 4.98 Å². The number of nitrogens with one attached hydrogen (secondary N) is 1. The number of nitrogens with two attached hydrogens (primary N) is 1. The van der Waals surface area contributed by atoms with Gasteiger partial charge < -0.3 is 11.1 Å². The average molecular weight is 269 g/mol. The quantitative estimate of drug-likeness (QED) is 0.900. The number of halogens is 2. The lowest BCUT2D eigenvalue weighted by Gasteiger charge is -2.05. The van der Waals surface area contributed by atoms with Gasteiger partial charge in [-0.15, -0.1) is 0 Å². The van der Waals surface area contributed by atoms with E-state index in [0.29, 0.717) is 16.4 Å². The van der Waals surface area contributed by atoms with Gasteiger partial charge in [0.1, 0.15) is 11.6 Å². The normalized spacial score (nSPS) is 12.5. The third-order valence-electron chi connectivity index (χ3n) is 2.42. The number of aromatic nitrogens is 1. The molecule has 0 radical (unpaired) electrons. The van der Waals surface area contributed by atoms with Crippen LogP contribution in [-0.4, -0.2) is 12.0 Å². The maximum atomic E-state index is 13.2. The number of thiazole rings is 1. The summed E-state index contributed by atoms with van der Waals surface area (Å²) in [6, 6.07) is 3.10. The molecule has 0 aliphatic rings. The fourth-order valence-electron chi connectivity index (χ4n) is 1.64. The van der Waals surface area contributed by atoms with Gasteiger partial charge in [0.2, 0.25) is 0 Å². The van der Waals surface area contributed by atoms with E-state index in [2.05, 4.69) is 10.3 Å². The minimum Gasteiger partial charge on any atom is -0.365 e. The van der Waals surface area contributed by atoms with E-state index in [9.17, 15) is 8.78 Å². The zero-order chi connectivity index (χ0) is 13.3. The summed E-state index contributed by atoms with van der Waals surface area (Å²) < 4.78 is 26.4. The molecule has 1 atom stereocenters. The van der Waals surface area contributed by atoms with E-state index in [1.807, 2.05) is 6.92 Å². The fourth-order valence-corrected chi connectivity index (χ4v) is 2.54. The summed E-state index contributed by atoms with van der Waals surface area (Å²) in [5.41, 5.74) is 6.78. The van der Waals surface area contributed by atoms with E-state index >= 15 is 0 Å². The molecule has 2 rings (SSSR count). The van der Waals surface area contributed by atoms with E-state index < -0.39 is 11.6 Å². The molecule has 96 valence electrons. The monoisotopic (exact) mass is 269 g/mol.